The highest BCUT2D eigenvalue weighted by atomic mass is 16.5. The van der Waals surface area contributed by atoms with Crippen molar-refractivity contribution in [2.24, 2.45) is 0 Å². The molecule has 7 heteroatoms. The summed E-state index contributed by atoms with van der Waals surface area (Å²) in [6.45, 7) is 9.73. The van der Waals surface area contributed by atoms with E-state index >= 15 is 0 Å². The van der Waals surface area contributed by atoms with Gasteiger partial charge in [0.25, 0.3) is 0 Å². The highest BCUT2D eigenvalue weighted by Gasteiger charge is 2.14. The molecule has 0 aromatic heterocycles. The van der Waals surface area contributed by atoms with Crippen molar-refractivity contribution in [1.29, 1.82) is 0 Å². The van der Waals surface area contributed by atoms with E-state index in [2.05, 4.69) is 6.58 Å². The van der Waals surface area contributed by atoms with Crippen molar-refractivity contribution in [2.75, 3.05) is 13.2 Å². The Morgan fingerprint density at radius 1 is 0.703 bits per heavy atom. The third kappa shape index (κ3) is 8.07. The van der Waals surface area contributed by atoms with E-state index in [4.69, 9.17) is 18.9 Å². The van der Waals surface area contributed by atoms with Crippen molar-refractivity contribution < 1.29 is 33.3 Å². The van der Waals surface area contributed by atoms with Crippen LogP contribution < -0.4 is 14.2 Å². The van der Waals surface area contributed by atoms with Gasteiger partial charge in [0, 0.05) is 6.08 Å². The van der Waals surface area contributed by atoms with Gasteiger partial charge in [0.1, 0.15) is 17.2 Å². The van der Waals surface area contributed by atoms with E-state index in [0.29, 0.717) is 60.0 Å². The van der Waals surface area contributed by atoms with Gasteiger partial charge in [-0.05, 0) is 93.3 Å². The summed E-state index contributed by atoms with van der Waals surface area (Å²) in [7, 11) is 0. The summed E-state index contributed by atoms with van der Waals surface area (Å²) >= 11 is 0. The maximum atomic E-state index is 12.7. The lowest BCUT2D eigenvalue weighted by Crippen LogP contribution is -2.11. The first-order valence-corrected chi connectivity index (χ1v) is 11.9. The summed E-state index contributed by atoms with van der Waals surface area (Å²) in [4.78, 5) is 36.1. The summed E-state index contributed by atoms with van der Waals surface area (Å²) in [6, 6.07) is 16.9. The van der Waals surface area contributed by atoms with E-state index in [-0.39, 0.29) is 0 Å². The molecule has 3 rings (SSSR count). The van der Waals surface area contributed by atoms with Crippen molar-refractivity contribution in [3.8, 4) is 17.2 Å². The lowest BCUT2D eigenvalue weighted by atomic mass is 10.1. The molecule has 0 amide bonds. The Bertz CT molecular complexity index is 1280. The smallest absolute Gasteiger partial charge is 0.343 e. The molecule has 37 heavy (non-hydrogen) atoms. The van der Waals surface area contributed by atoms with Gasteiger partial charge in [-0.2, -0.15) is 0 Å². The molecule has 0 aliphatic rings. The Morgan fingerprint density at radius 2 is 1.22 bits per heavy atom. The Balaban J connectivity index is 1.50. The molecule has 192 valence electrons. The second kappa shape index (κ2) is 13.1. The quantitative estimate of drug-likeness (QED) is 0.139. The Morgan fingerprint density at radius 3 is 1.76 bits per heavy atom. The van der Waals surface area contributed by atoms with Gasteiger partial charge in [0.15, 0.2) is 0 Å². The molecule has 0 saturated carbocycles. The van der Waals surface area contributed by atoms with Gasteiger partial charge in [0.05, 0.1) is 24.3 Å². The summed E-state index contributed by atoms with van der Waals surface area (Å²) in [5.74, 6) is -0.0855. The van der Waals surface area contributed by atoms with E-state index in [0.717, 1.165) is 17.2 Å². The van der Waals surface area contributed by atoms with Gasteiger partial charge in [0.2, 0.25) is 0 Å². The third-order valence-corrected chi connectivity index (χ3v) is 5.48. The minimum Gasteiger partial charge on any atom is -0.494 e. The van der Waals surface area contributed by atoms with Crippen LogP contribution in [0.5, 0.6) is 17.2 Å². The molecule has 0 unspecified atom stereocenters. The number of carbonyl (C=O) groups excluding carboxylic acids is 3. The van der Waals surface area contributed by atoms with Crippen LogP contribution in [-0.2, 0) is 9.53 Å². The largest absolute Gasteiger partial charge is 0.494 e. The van der Waals surface area contributed by atoms with E-state index in [9.17, 15) is 14.4 Å². The molecule has 3 aromatic rings. The second-order valence-corrected chi connectivity index (χ2v) is 8.47. The van der Waals surface area contributed by atoms with Crippen LogP contribution >= 0.6 is 0 Å². The number of ether oxygens (including phenoxy) is 4. The SMILES string of the molecule is C=CC(=O)OCCCCOc1ccc(C(=O)Oc2ccc(OC(=O)c3ccc(C)cc3C)cc2)c(C)c1. The predicted molar refractivity (Wildman–Crippen MR) is 139 cm³/mol. The summed E-state index contributed by atoms with van der Waals surface area (Å²) in [5.41, 5.74) is 3.53. The van der Waals surface area contributed by atoms with E-state index in [1.54, 1.807) is 55.5 Å². The fourth-order valence-electron chi connectivity index (χ4n) is 3.52. The molecule has 7 nitrogen and oxygen atoms in total. The standard InChI is InChI=1S/C30H30O7/c1-5-28(31)35-17-7-6-16-34-25-13-15-27(22(4)19-25)30(33)37-24-11-9-23(10-12-24)36-29(32)26-14-8-20(2)18-21(26)3/h5,8-15,18-19H,1,6-7,16-17H2,2-4H3. The van der Waals surface area contributed by atoms with Crippen molar-refractivity contribution >= 4 is 17.9 Å². The molecule has 0 aliphatic heterocycles. The lowest BCUT2D eigenvalue weighted by molar-refractivity contribution is -0.137. The van der Waals surface area contributed by atoms with Gasteiger partial charge in [-0.25, -0.2) is 14.4 Å². The van der Waals surface area contributed by atoms with Gasteiger partial charge in [-0.3, -0.25) is 0 Å². The van der Waals surface area contributed by atoms with Crippen molar-refractivity contribution in [2.45, 2.75) is 33.6 Å². The van der Waals surface area contributed by atoms with E-state index in [1.807, 2.05) is 26.0 Å². The van der Waals surface area contributed by atoms with Gasteiger partial charge < -0.3 is 18.9 Å². The molecule has 0 spiro atoms. The Labute approximate surface area is 216 Å². The summed E-state index contributed by atoms with van der Waals surface area (Å²) in [6.07, 6.45) is 2.52. The van der Waals surface area contributed by atoms with Crippen LogP contribution in [0.4, 0.5) is 0 Å². The summed E-state index contributed by atoms with van der Waals surface area (Å²) in [5, 5.41) is 0. The van der Waals surface area contributed by atoms with Crippen molar-refractivity contribution in [3.63, 3.8) is 0 Å². The fourth-order valence-corrected chi connectivity index (χ4v) is 3.52. The second-order valence-electron chi connectivity index (χ2n) is 8.47. The van der Waals surface area contributed by atoms with Crippen molar-refractivity contribution in [3.05, 3.63) is 101 Å². The van der Waals surface area contributed by atoms with Crippen LogP contribution in [0.25, 0.3) is 0 Å². The first-order valence-electron chi connectivity index (χ1n) is 11.9. The zero-order chi connectivity index (χ0) is 26.8. The monoisotopic (exact) mass is 502 g/mol. The van der Waals surface area contributed by atoms with Crippen molar-refractivity contribution in [1.82, 2.24) is 0 Å². The van der Waals surface area contributed by atoms with E-state index in [1.165, 1.54) is 0 Å². The predicted octanol–water partition coefficient (Wildman–Crippen LogP) is 5.94. The molecule has 0 saturated heterocycles. The van der Waals surface area contributed by atoms with Crippen LogP contribution in [0.15, 0.2) is 73.3 Å². The number of carbonyl (C=O) groups is 3. The number of rotatable bonds is 11. The molecule has 0 N–H and O–H groups in total. The highest BCUT2D eigenvalue weighted by molar-refractivity contribution is 5.93. The van der Waals surface area contributed by atoms with Crippen LogP contribution in [0, 0.1) is 20.8 Å². The number of benzene rings is 3. The number of aryl methyl sites for hydroxylation is 3. The Hall–Kier alpha value is -4.39. The van der Waals surface area contributed by atoms with E-state index < -0.39 is 17.9 Å². The molecule has 0 atom stereocenters. The van der Waals surface area contributed by atoms with Gasteiger partial charge >= 0.3 is 17.9 Å². The lowest BCUT2D eigenvalue weighted by Gasteiger charge is -2.11. The van der Waals surface area contributed by atoms with Crippen LogP contribution in [0.2, 0.25) is 0 Å². The average Bonchev–Trinajstić information content (AvgIpc) is 2.87. The number of hydrogen-bond acceptors (Lipinski definition) is 7. The topological polar surface area (TPSA) is 88.1 Å². The molecule has 0 bridgehead atoms. The molecule has 0 heterocycles. The zero-order valence-corrected chi connectivity index (χ0v) is 21.2. The van der Waals surface area contributed by atoms with Crippen LogP contribution in [-0.4, -0.2) is 31.1 Å². The average molecular weight is 503 g/mol. The highest BCUT2D eigenvalue weighted by Crippen LogP contribution is 2.23. The van der Waals surface area contributed by atoms with Crippen LogP contribution in [0.3, 0.4) is 0 Å². The normalized spacial score (nSPS) is 10.4. The number of unbranched alkanes of at least 4 members (excludes halogenated alkanes) is 1. The zero-order valence-electron chi connectivity index (χ0n) is 21.2. The molecule has 0 fully saturated rings. The number of hydrogen-bond donors (Lipinski definition) is 0. The van der Waals surface area contributed by atoms with Gasteiger partial charge in [-0.15, -0.1) is 0 Å². The maximum absolute atomic E-state index is 12.7. The molecule has 0 radical (unpaired) electrons. The Kier molecular flexibility index (Phi) is 9.61. The minimum atomic E-state index is -0.506. The van der Waals surface area contributed by atoms with Crippen LogP contribution in [0.1, 0.15) is 50.2 Å². The fraction of sp³-hybridized carbons (Fsp3) is 0.233. The molecule has 0 aliphatic carbocycles. The molecule has 3 aromatic carbocycles. The molecular formula is C30H30O7. The first-order chi connectivity index (χ1) is 17.8. The third-order valence-electron chi connectivity index (χ3n) is 5.48. The summed E-state index contributed by atoms with van der Waals surface area (Å²) < 4.78 is 21.6. The first kappa shape index (κ1) is 27.2. The molecular weight excluding hydrogens is 472 g/mol. The maximum Gasteiger partial charge on any atom is 0.343 e. The minimum absolute atomic E-state index is 0.313. The van der Waals surface area contributed by atoms with Gasteiger partial charge in [-0.1, -0.05) is 24.3 Å². The number of esters is 3.